The highest BCUT2D eigenvalue weighted by Gasteiger charge is 2.26. The highest BCUT2D eigenvalue weighted by atomic mass is 19.4. The number of ether oxygens (including phenoxy) is 2. The predicted octanol–water partition coefficient (Wildman–Crippen LogP) is 0.801. The van der Waals surface area contributed by atoms with Gasteiger partial charge in [0.15, 0.2) is 0 Å². The van der Waals surface area contributed by atoms with Crippen molar-refractivity contribution in [3.8, 4) is 0 Å². The molecular weight excluding hydrogens is 187 g/mol. The van der Waals surface area contributed by atoms with Gasteiger partial charge in [-0.25, -0.2) is 0 Å². The summed E-state index contributed by atoms with van der Waals surface area (Å²) in [5.41, 5.74) is 0. The molecule has 0 aliphatic rings. The van der Waals surface area contributed by atoms with Crippen LogP contribution in [0.5, 0.6) is 0 Å². The van der Waals surface area contributed by atoms with Crippen molar-refractivity contribution in [1.82, 2.24) is 5.32 Å². The van der Waals surface area contributed by atoms with Crippen LogP contribution in [0.4, 0.5) is 13.2 Å². The third kappa shape index (κ3) is 11.7. The first-order valence-electron chi connectivity index (χ1n) is 3.90. The van der Waals surface area contributed by atoms with Crippen molar-refractivity contribution in [2.45, 2.75) is 6.18 Å². The standard InChI is InChI=1S/C7H14F3NO2/c1-12-4-2-11-3-5-13-6-7(8,9)10/h11H,2-6H2,1H3. The molecule has 0 amide bonds. The Morgan fingerprint density at radius 3 is 2.31 bits per heavy atom. The molecule has 0 bridgehead atoms. The van der Waals surface area contributed by atoms with E-state index >= 15 is 0 Å². The quantitative estimate of drug-likeness (QED) is 0.618. The topological polar surface area (TPSA) is 30.5 Å². The molecule has 6 heteroatoms. The Kier molecular flexibility index (Phi) is 6.93. The number of rotatable bonds is 7. The van der Waals surface area contributed by atoms with E-state index in [1.54, 1.807) is 7.11 Å². The first kappa shape index (κ1) is 12.7. The van der Waals surface area contributed by atoms with Crippen LogP contribution in [0.15, 0.2) is 0 Å². The Balaban J connectivity index is 3.00. The van der Waals surface area contributed by atoms with Crippen LogP contribution in [0.1, 0.15) is 0 Å². The van der Waals surface area contributed by atoms with Gasteiger partial charge >= 0.3 is 6.18 Å². The minimum atomic E-state index is -4.23. The van der Waals surface area contributed by atoms with Crippen LogP contribution in [-0.2, 0) is 9.47 Å². The first-order valence-corrected chi connectivity index (χ1v) is 3.90. The van der Waals surface area contributed by atoms with E-state index < -0.39 is 12.8 Å². The highest BCUT2D eigenvalue weighted by Crippen LogP contribution is 2.13. The first-order chi connectivity index (χ1) is 6.06. The lowest BCUT2D eigenvalue weighted by Gasteiger charge is -2.07. The number of alkyl halides is 3. The minimum absolute atomic E-state index is 0.0588. The van der Waals surface area contributed by atoms with E-state index in [-0.39, 0.29) is 6.61 Å². The molecule has 80 valence electrons. The van der Waals surface area contributed by atoms with Crippen molar-refractivity contribution < 1.29 is 22.6 Å². The molecule has 0 atom stereocenters. The van der Waals surface area contributed by atoms with Gasteiger partial charge in [-0.05, 0) is 0 Å². The summed E-state index contributed by atoms with van der Waals surface area (Å²) in [6.07, 6.45) is -4.23. The second-order valence-electron chi connectivity index (χ2n) is 2.41. The largest absolute Gasteiger partial charge is 0.411 e. The molecule has 0 aliphatic heterocycles. The van der Waals surface area contributed by atoms with Gasteiger partial charge in [0, 0.05) is 20.2 Å². The summed E-state index contributed by atoms with van der Waals surface area (Å²) >= 11 is 0. The zero-order valence-electron chi connectivity index (χ0n) is 7.49. The van der Waals surface area contributed by atoms with Crippen LogP contribution in [0, 0.1) is 0 Å². The van der Waals surface area contributed by atoms with E-state index in [0.717, 1.165) is 0 Å². The Bertz CT molecular complexity index is 119. The summed E-state index contributed by atoms with van der Waals surface area (Å²) in [7, 11) is 1.56. The van der Waals surface area contributed by atoms with E-state index in [1.165, 1.54) is 0 Å². The number of methoxy groups -OCH3 is 1. The summed E-state index contributed by atoms with van der Waals surface area (Å²) in [6.45, 7) is 0.437. The van der Waals surface area contributed by atoms with E-state index in [2.05, 4.69) is 10.1 Å². The Morgan fingerprint density at radius 2 is 1.77 bits per heavy atom. The van der Waals surface area contributed by atoms with Gasteiger partial charge in [0.05, 0.1) is 13.2 Å². The summed E-state index contributed by atoms with van der Waals surface area (Å²) in [6, 6.07) is 0. The molecule has 0 spiro atoms. The lowest BCUT2D eigenvalue weighted by molar-refractivity contribution is -0.173. The van der Waals surface area contributed by atoms with E-state index in [0.29, 0.717) is 19.7 Å². The lowest BCUT2D eigenvalue weighted by atomic mass is 10.6. The van der Waals surface area contributed by atoms with Crippen molar-refractivity contribution in [2.75, 3.05) is 40.0 Å². The zero-order chi connectivity index (χ0) is 10.2. The third-order valence-corrected chi connectivity index (χ3v) is 1.17. The maximum atomic E-state index is 11.5. The van der Waals surface area contributed by atoms with Gasteiger partial charge in [-0.15, -0.1) is 0 Å². The van der Waals surface area contributed by atoms with Gasteiger partial charge in [-0.2, -0.15) is 13.2 Å². The maximum absolute atomic E-state index is 11.5. The van der Waals surface area contributed by atoms with Crippen LogP contribution >= 0.6 is 0 Å². The van der Waals surface area contributed by atoms with Gasteiger partial charge in [-0.3, -0.25) is 0 Å². The number of nitrogens with one attached hydrogen (secondary N) is 1. The second-order valence-corrected chi connectivity index (χ2v) is 2.41. The van der Waals surface area contributed by atoms with Gasteiger partial charge in [0.25, 0.3) is 0 Å². The van der Waals surface area contributed by atoms with Crippen LogP contribution in [0.25, 0.3) is 0 Å². The van der Waals surface area contributed by atoms with E-state index in [4.69, 9.17) is 4.74 Å². The van der Waals surface area contributed by atoms with Crippen molar-refractivity contribution in [3.63, 3.8) is 0 Å². The van der Waals surface area contributed by atoms with Gasteiger partial charge in [0.2, 0.25) is 0 Å². The summed E-state index contributed by atoms with van der Waals surface area (Å²) in [5.74, 6) is 0. The normalized spacial score (nSPS) is 12.0. The average molecular weight is 201 g/mol. The molecule has 0 saturated heterocycles. The summed E-state index contributed by atoms with van der Waals surface area (Å²) in [4.78, 5) is 0. The monoisotopic (exact) mass is 201 g/mol. The smallest absolute Gasteiger partial charge is 0.383 e. The minimum Gasteiger partial charge on any atom is -0.383 e. The van der Waals surface area contributed by atoms with Crippen LogP contribution < -0.4 is 5.32 Å². The molecule has 0 aromatic rings. The molecule has 0 rings (SSSR count). The molecule has 1 N–H and O–H groups in total. The van der Waals surface area contributed by atoms with E-state index in [9.17, 15) is 13.2 Å². The molecule has 0 saturated carbocycles. The molecule has 0 fully saturated rings. The van der Waals surface area contributed by atoms with Crippen molar-refractivity contribution in [2.24, 2.45) is 0 Å². The predicted molar refractivity (Wildman–Crippen MR) is 41.6 cm³/mol. The molecule has 0 aliphatic carbocycles. The molecule has 13 heavy (non-hydrogen) atoms. The molecule has 0 heterocycles. The van der Waals surface area contributed by atoms with Crippen LogP contribution in [-0.4, -0.2) is 46.2 Å². The molecule has 0 unspecified atom stereocenters. The summed E-state index contributed by atoms with van der Waals surface area (Å²) in [5, 5.41) is 2.86. The molecular formula is C7H14F3NO2. The molecule has 0 aromatic carbocycles. The SMILES string of the molecule is COCCNCCOCC(F)(F)F. The Hall–Kier alpha value is -0.330. The molecule has 0 aromatic heterocycles. The second kappa shape index (κ2) is 7.11. The fourth-order valence-electron chi connectivity index (χ4n) is 0.631. The van der Waals surface area contributed by atoms with Gasteiger partial charge < -0.3 is 14.8 Å². The van der Waals surface area contributed by atoms with Crippen molar-refractivity contribution >= 4 is 0 Å². The zero-order valence-corrected chi connectivity index (χ0v) is 7.49. The lowest BCUT2D eigenvalue weighted by Crippen LogP contribution is -2.26. The van der Waals surface area contributed by atoms with E-state index in [1.807, 2.05) is 0 Å². The fraction of sp³-hybridized carbons (Fsp3) is 1.00. The highest BCUT2D eigenvalue weighted by molar-refractivity contribution is 4.48. The Morgan fingerprint density at radius 1 is 1.15 bits per heavy atom. The van der Waals surface area contributed by atoms with Crippen molar-refractivity contribution in [1.29, 1.82) is 0 Å². The third-order valence-electron chi connectivity index (χ3n) is 1.17. The fourth-order valence-corrected chi connectivity index (χ4v) is 0.631. The van der Waals surface area contributed by atoms with Gasteiger partial charge in [-0.1, -0.05) is 0 Å². The van der Waals surface area contributed by atoms with Crippen LogP contribution in [0.2, 0.25) is 0 Å². The van der Waals surface area contributed by atoms with Crippen LogP contribution in [0.3, 0.4) is 0 Å². The Labute approximate surface area is 75.2 Å². The maximum Gasteiger partial charge on any atom is 0.411 e. The average Bonchev–Trinajstić information content (AvgIpc) is 2.01. The van der Waals surface area contributed by atoms with Gasteiger partial charge in [0.1, 0.15) is 6.61 Å². The number of hydrogen-bond donors (Lipinski definition) is 1. The van der Waals surface area contributed by atoms with Crippen molar-refractivity contribution in [3.05, 3.63) is 0 Å². The molecule has 3 nitrogen and oxygen atoms in total. The number of halogens is 3. The molecule has 0 radical (unpaired) electrons. The summed E-state index contributed by atoms with van der Waals surface area (Å²) < 4.78 is 43.6. The number of hydrogen-bond acceptors (Lipinski definition) is 3.